The zero-order valence-electron chi connectivity index (χ0n) is 68.2. The SMILES string of the molecule is N=C(N)NCCC[C@H](NC(=O)[C@H](Cc1ccccc1)NC(=O)[C@H](Cc1ccccc1)NC(=O)[C@H](CCCNC(=N)N)NC(=O)[C@H](CCCNC(=N)N)NC(=O)[C@H](Cc1ccccc1)NC(=O)[C@H](CCCNC(=N)N)NC(=O)[C@H](CCCNC(=N)N)NC(=O)[C@H](Cc1ccccc1)NC(=O)[C@H](Cc1ccccc1)NC(=O)[C@@H](N)CCCNC(=N)N)C(N)=O. The molecule has 0 aliphatic heterocycles. The van der Waals surface area contributed by atoms with E-state index in [1.54, 1.807) is 152 Å². The van der Waals surface area contributed by atoms with Crippen molar-refractivity contribution in [3.05, 3.63) is 179 Å². The fourth-order valence-electron chi connectivity index (χ4n) is 12.7. The monoisotopic (exact) mass is 1690 g/mol. The van der Waals surface area contributed by atoms with Crippen molar-refractivity contribution in [1.82, 2.24) is 85.1 Å². The van der Waals surface area contributed by atoms with Gasteiger partial charge in [0.2, 0.25) is 65.0 Å². The molecule has 0 aliphatic carbocycles. The van der Waals surface area contributed by atoms with Crippen molar-refractivity contribution in [1.29, 1.82) is 32.5 Å². The van der Waals surface area contributed by atoms with Crippen molar-refractivity contribution >= 4 is 101 Å². The first-order chi connectivity index (χ1) is 58.3. The number of carbonyl (C=O) groups excluding carboxylic acids is 11. The van der Waals surface area contributed by atoms with Crippen molar-refractivity contribution in [2.75, 3.05) is 39.3 Å². The first-order valence-corrected chi connectivity index (χ1v) is 40.1. The Bertz CT molecular complexity index is 4250. The predicted molar refractivity (Wildman–Crippen MR) is 462 cm³/mol. The van der Waals surface area contributed by atoms with Crippen molar-refractivity contribution in [2.24, 2.45) is 45.9 Å². The second kappa shape index (κ2) is 54.0. The third-order valence-corrected chi connectivity index (χ3v) is 19.0. The van der Waals surface area contributed by atoms with Gasteiger partial charge in [-0.05, 0) is 105 Å². The largest absolute Gasteiger partial charge is 0.370 e. The third kappa shape index (κ3) is 39.4. The Labute approximate surface area is 708 Å². The number of hydrogen-bond donors (Lipinski definition) is 30. The molecule has 38 N–H and O–H groups in total. The molecule has 11 atom stereocenters. The third-order valence-electron chi connectivity index (χ3n) is 19.0. The molecular formula is C81H120N30O11. The van der Waals surface area contributed by atoms with Crippen LogP contribution in [0, 0.1) is 32.5 Å². The fraction of sp³-hybridized carbons (Fsp3) is 0.420. The van der Waals surface area contributed by atoms with Crippen molar-refractivity contribution in [3.8, 4) is 0 Å². The van der Waals surface area contributed by atoms with Gasteiger partial charge in [0.05, 0.1) is 6.04 Å². The van der Waals surface area contributed by atoms with Gasteiger partial charge in [0.1, 0.15) is 60.4 Å². The van der Waals surface area contributed by atoms with Crippen LogP contribution in [0.4, 0.5) is 0 Å². The van der Waals surface area contributed by atoms with E-state index in [0.29, 0.717) is 34.2 Å². The minimum atomic E-state index is -1.58. The number of nitrogens with two attached hydrogens (primary N) is 8. The second-order valence-corrected chi connectivity index (χ2v) is 29.0. The first kappa shape index (κ1) is 98.4. The standard InChI is InChI=1S/C81H120N30O11/c82-54(32-16-38-96-76(84)85)66(113)107-60(44-49-22-6-1-7-23-49)74(121)111-63(47-52-28-12-4-13-29-52)73(120)106-57(35-19-41-99-79(90)91)68(115)103-58(36-20-42-100-80(92)93)69(116)108-62(46-51-26-10-3-11-27-51)72(119)105-56(34-18-40-98-78(88)89)67(114)104-59(37-21-43-101-81(94)95)70(117)109-64(48-53-30-14-5-15-31-53)75(122)110-61(45-50-24-8-2-9-25-50)71(118)102-55(65(83)112)33-17-39-97-77(86)87/h1-15,22-31,54-64H,16-21,32-48,82H2,(H2,83,112)(H,102,118)(H,103,115)(H,104,114)(H,105,119)(H,106,120)(H,107,113)(H,108,116)(H,109,117)(H,110,122)(H,111,121)(H4,84,85,96)(H4,86,87,97)(H4,88,89,98)(H4,90,91,99)(H4,92,93,100)(H4,94,95,101)/t54-,55-,56-,57-,58-,59-,60-,61-,62-,63-,64-/m0/s1. The molecule has 0 heterocycles. The van der Waals surface area contributed by atoms with Crippen LogP contribution in [-0.2, 0) is 84.8 Å². The van der Waals surface area contributed by atoms with Gasteiger partial charge in [0, 0.05) is 71.4 Å². The highest BCUT2D eigenvalue weighted by Gasteiger charge is 2.37. The molecule has 0 aliphatic rings. The quantitative estimate of drug-likeness (QED) is 0.00990. The lowest BCUT2D eigenvalue weighted by molar-refractivity contribution is -0.136. The van der Waals surface area contributed by atoms with Gasteiger partial charge in [-0.3, -0.25) is 85.2 Å². The highest BCUT2D eigenvalue weighted by molar-refractivity contribution is 6.00. The molecule has 0 spiro atoms. The van der Waals surface area contributed by atoms with Gasteiger partial charge in [0.15, 0.2) is 35.8 Å². The summed E-state index contributed by atoms with van der Waals surface area (Å²) in [6, 6.07) is 27.2. The first-order valence-electron chi connectivity index (χ1n) is 40.1. The Morgan fingerprint density at radius 2 is 0.377 bits per heavy atom. The summed E-state index contributed by atoms with van der Waals surface area (Å²) in [5, 5.41) is 89.7. The summed E-state index contributed by atoms with van der Waals surface area (Å²) in [7, 11) is 0. The minimum Gasteiger partial charge on any atom is -0.370 e. The number of hydrogen-bond acceptors (Lipinski definition) is 18. The van der Waals surface area contributed by atoms with Crippen LogP contribution in [0.3, 0.4) is 0 Å². The van der Waals surface area contributed by atoms with Crippen LogP contribution in [0.2, 0.25) is 0 Å². The predicted octanol–water partition coefficient (Wildman–Crippen LogP) is -4.56. The van der Waals surface area contributed by atoms with Gasteiger partial charge >= 0.3 is 0 Å². The maximum atomic E-state index is 15.3. The summed E-state index contributed by atoms with van der Waals surface area (Å²) in [5.74, 6) is -11.9. The molecule has 41 heteroatoms. The molecule has 0 radical (unpaired) electrons. The van der Waals surface area contributed by atoms with Gasteiger partial charge in [-0.25, -0.2) is 0 Å². The normalized spacial score (nSPS) is 13.5. The number of benzene rings is 5. The van der Waals surface area contributed by atoms with Gasteiger partial charge in [0.25, 0.3) is 0 Å². The van der Waals surface area contributed by atoms with E-state index in [0.717, 1.165) is 0 Å². The van der Waals surface area contributed by atoms with E-state index >= 15 is 28.8 Å². The number of carbonyl (C=O) groups is 11. The van der Waals surface area contributed by atoms with E-state index in [-0.39, 0.29) is 154 Å². The zero-order chi connectivity index (χ0) is 89.3. The van der Waals surface area contributed by atoms with Crippen molar-refractivity contribution in [3.63, 3.8) is 0 Å². The summed E-state index contributed by atoms with van der Waals surface area (Å²) in [5.41, 5.74) is 48.4. The molecule has 0 fully saturated rings. The molecule has 5 aromatic carbocycles. The Hall–Kier alpha value is -14.2. The second-order valence-electron chi connectivity index (χ2n) is 29.0. The highest BCUT2D eigenvalue weighted by Crippen LogP contribution is 2.15. The number of nitrogens with one attached hydrogen (secondary N) is 22. The Morgan fingerprint density at radius 1 is 0.221 bits per heavy atom. The molecule has 0 unspecified atom stereocenters. The molecule has 660 valence electrons. The highest BCUT2D eigenvalue weighted by atomic mass is 16.2. The topological polar surface area (TPSA) is 732 Å². The lowest BCUT2D eigenvalue weighted by Crippen LogP contribution is -2.61. The zero-order valence-corrected chi connectivity index (χ0v) is 68.2. The molecule has 5 rings (SSSR count). The Kier molecular flexibility index (Phi) is 43.6. The lowest BCUT2D eigenvalue weighted by atomic mass is 10.0. The van der Waals surface area contributed by atoms with Gasteiger partial charge in [-0.2, -0.15) is 0 Å². The summed E-state index contributed by atoms with van der Waals surface area (Å²) in [6.45, 7) is 0.442. The van der Waals surface area contributed by atoms with Crippen LogP contribution in [0.5, 0.6) is 0 Å². The van der Waals surface area contributed by atoms with Crippen LogP contribution in [0.1, 0.15) is 105 Å². The number of amides is 11. The van der Waals surface area contributed by atoms with Crippen LogP contribution < -0.4 is 131 Å². The number of guanidine groups is 6. The van der Waals surface area contributed by atoms with E-state index in [1.807, 2.05) is 0 Å². The van der Waals surface area contributed by atoms with Crippen molar-refractivity contribution < 1.29 is 52.7 Å². The van der Waals surface area contributed by atoms with E-state index in [1.165, 1.54) is 0 Å². The van der Waals surface area contributed by atoms with E-state index in [4.69, 9.17) is 78.3 Å². The van der Waals surface area contributed by atoms with E-state index in [9.17, 15) is 24.0 Å². The fourth-order valence-corrected chi connectivity index (χ4v) is 12.7. The lowest BCUT2D eigenvalue weighted by Gasteiger charge is -2.29. The number of rotatable bonds is 55. The van der Waals surface area contributed by atoms with Crippen LogP contribution in [0.25, 0.3) is 0 Å². The van der Waals surface area contributed by atoms with E-state index < -0.39 is 155 Å². The maximum Gasteiger partial charge on any atom is 0.243 e. The average molecular weight is 1690 g/mol. The van der Waals surface area contributed by atoms with Crippen LogP contribution in [0.15, 0.2) is 152 Å². The maximum absolute atomic E-state index is 15.3. The molecule has 0 bridgehead atoms. The summed E-state index contributed by atoms with van der Waals surface area (Å²) in [6.07, 6.45) is -0.534. The molecule has 41 nitrogen and oxygen atoms in total. The molecule has 0 saturated heterocycles. The summed E-state index contributed by atoms with van der Waals surface area (Å²) < 4.78 is 0. The van der Waals surface area contributed by atoms with Gasteiger partial charge in [-0.15, -0.1) is 0 Å². The van der Waals surface area contributed by atoms with Crippen molar-refractivity contribution in [2.45, 2.75) is 176 Å². The van der Waals surface area contributed by atoms with Crippen LogP contribution >= 0.6 is 0 Å². The Balaban J connectivity index is 1.51. The summed E-state index contributed by atoms with van der Waals surface area (Å²) >= 11 is 0. The smallest absolute Gasteiger partial charge is 0.243 e. The Morgan fingerprint density at radius 3 is 0.566 bits per heavy atom. The molecule has 122 heavy (non-hydrogen) atoms. The van der Waals surface area contributed by atoms with E-state index in [2.05, 4.69) is 85.1 Å². The average Bonchev–Trinajstić information content (AvgIpc) is 0.847. The molecular weight excluding hydrogens is 1570 g/mol. The molecule has 0 saturated carbocycles. The molecule has 5 aromatic rings. The minimum absolute atomic E-state index is 0.00211. The van der Waals surface area contributed by atoms with Crippen LogP contribution in [-0.4, -0.2) is 206 Å². The summed E-state index contributed by atoms with van der Waals surface area (Å²) in [4.78, 5) is 162. The molecule has 11 amide bonds. The molecule has 0 aromatic heterocycles. The number of primary amides is 1. The van der Waals surface area contributed by atoms with Gasteiger partial charge < -0.3 is 131 Å². The van der Waals surface area contributed by atoms with Gasteiger partial charge in [-0.1, -0.05) is 152 Å².